The normalized spacial score (nSPS) is 28.9. The van der Waals surface area contributed by atoms with Gasteiger partial charge in [-0.15, -0.1) is 6.42 Å². The van der Waals surface area contributed by atoms with Crippen LogP contribution in [0.2, 0.25) is 5.28 Å². The van der Waals surface area contributed by atoms with Crippen LogP contribution in [0.5, 0.6) is 0 Å². The van der Waals surface area contributed by atoms with Crippen molar-refractivity contribution in [1.82, 2.24) is 15.0 Å². The van der Waals surface area contributed by atoms with E-state index >= 15 is 0 Å². The van der Waals surface area contributed by atoms with Gasteiger partial charge in [-0.05, 0) is 11.6 Å². The monoisotopic (exact) mass is 310 g/mol. The number of aliphatic hydroxyl groups excluding tert-OH is 2. The molecular formula is C12H13ClN5O3+. The van der Waals surface area contributed by atoms with Crippen LogP contribution in [0, 0.1) is 12.3 Å². The molecule has 0 bridgehead atoms. The highest BCUT2D eigenvalue weighted by molar-refractivity contribution is 6.28. The van der Waals surface area contributed by atoms with Gasteiger partial charge in [-0.25, -0.2) is 4.57 Å². The van der Waals surface area contributed by atoms with Gasteiger partial charge in [0.15, 0.2) is 24.0 Å². The lowest BCUT2D eigenvalue weighted by Gasteiger charge is -2.22. The van der Waals surface area contributed by atoms with E-state index in [9.17, 15) is 10.2 Å². The van der Waals surface area contributed by atoms with Gasteiger partial charge in [-0.3, -0.25) is 4.98 Å². The van der Waals surface area contributed by atoms with Crippen LogP contribution < -0.4 is 10.3 Å². The molecule has 8 nitrogen and oxygen atoms in total. The van der Waals surface area contributed by atoms with E-state index in [1.54, 1.807) is 10.9 Å². The van der Waals surface area contributed by atoms with Crippen molar-refractivity contribution < 1.29 is 19.5 Å². The minimum absolute atomic E-state index is 0.00253. The quantitative estimate of drug-likeness (QED) is 0.325. The lowest BCUT2D eigenvalue weighted by molar-refractivity contribution is -0.739. The van der Waals surface area contributed by atoms with Crippen molar-refractivity contribution in [1.29, 1.82) is 0 Å². The molecule has 3 heterocycles. The molecule has 21 heavy (non-hydrogen) atoms. The Kier molecular flexibility index (Phi) is 3.22. The zero-order chi connectivity index (χ0) is 15.2. The van der Waals surface area contributed by atoms with E-state index in [4.69, 9.17) is 28.5 Å². The van der Waals surface area contributed by atoms with Gasteiger partial charge in [0.25, 0.3) is 0 Å². The number of terminal acetylenes is 1. The van der Waals surface area contributed by atoms with E-state index in [2.05, 4.69) is 20.9 Å². The van der Waals surface area contributed by atoms with E-state index < -0.39 is 24.5 Å². The zero-order valence-electron chi connectivity index (χ0n) is 10.8. The number of aromatic amines is 1. The molecule has 5 N–H and O–H groups in total. The first-order valence-electron chi connectivity index (χ1n) is 6.16. The fourth-order valence-corrected chi connectivity index (χ4v) is 2.59. The van der Waals surface area contributed by atoms with Crippen LogP contribution in [0.3, 0.4) is 0 Å². The van der Waals surface area contributed by atoms with Crippen LogP contribution in [0.15, 0.2) is 6.33 Å². The first kappa shape index (κ1) is 14.0. The molecule has 3 rings (SSSR count). The lowest BCUT2D eigenvalue weighted by Crippen LogP contribution is -2.43. The number of nitrogens with zero attached hydrogens (tertiary/aromatic N) is 3. The minimum Gasteiger partial charge on any atom is -0.392 e. The number of nitrogens with two attached hydrogens (primary N) is 1. The Morgan fingerprint density at radius 3 is 3.05 bits per heavy atom. The number of hydrogen-bond donors (Lipinski definition) is 4. The van der Waals surface area contributed by atoms with Gasteiger partial charge < -0.3 is 20.7 Å². The fourth-order valence-electron chi connectivity index (χ4n) is 2.42. The molecule has 110 valence electrons. The van der Waals surface area contributed by atoms with Crippen molar-refractivity contribution in [3.8, 4) is 12.3 Å². The Morgan fingerprint density at radius 2 is 2.43 bits per heavy atom. The number of aliphatic hydroxyl groups is 2. The Labute approximate surface area is 124 Å². The molecule has 0 aromatic carbocycles. The number of fused-ring (bicyclic) bond motifs is 1. The number of nitrogens with one attached hydrogen (secondary N) is 1. The van der Waals surface area contributed by atoms with Crippen LogP contribution in [-0.2, 0) is 4.74 Å². The minimum atomic E-state index is -1.43. The first-order chi connectivity index (χ1) is 10.0. The van der Waals surface area contributed by atoms with Gasteiger partial charge in [-0.1, -0.05) is 10.9 Å². The second kappa shape index (κ2) is 4.82. The van der Waals surface area contributed by atoms with E-state index in [0.717, 1.165) is 0 Å². The number of ether oxygens (including phenoxy) is 1. The highest BCUT2D eigenvalue weighted by Crippen LogP contribution is 2.34. The summed E-state index contributed by atoms with van der Waals surface area (Å²) in [4.78, 5) is 10.9. The standard InChI is InChI=1S/C12H12ClN5O3/c1-2-12(4-19)6(20)3-7(21-12)18-5-15-8-9(14)16-11(13)17-10(8)18/h1,5-7,19-20H,3-4H2,(H2,14,16,17)/p+1. The highest BCUT2D eigenvalue weighted by atomic mass is 35.5. The number of hydrogen-bond acceptors (Lipinski definition) is 6. The Hall–Kier alpha value is -1.92. The topological polar surface area (TPSA) is 121 Å². The van der Waals surface area contributed by atoms with Gasteiger partial charge in [0, 0.05) is 6.42 Å². The molecule has 2 aromatic rings. The molecular weight excluding hydrogens is 298 g/mol. The van der Waals surface area contributed by atoms with E-state index in [1.807, 2.05) is 0 Å². The summed E-state index contributed by atoms with van der Waals surface area (Å²) in [5, 5.41) is 19.4. The number of nitrogen functional groups attached to an aromatic ring is 1. The molecule has 9 heteroatoms. The van der Waals surface area contributed by atoms with Crippen LogP contribution in [-0.4, -0.2) is 43.5 Å². The second-order valence-corrected chi connectivity index (χ2v) is 5.11. The molecule has 0 radical (unpaired) electrons. The first-order valence-corrected chi connectivity index (χ1v) is 6.54. The summed E-state index contributed by atoms with van der Waals surface area (Å²) in [5.74, 6) is 2.51. The summed E-state index contributed by atoms with van der Waals surface area (Å²) < 4.78 is 7.26. The average Bonchev–Trinajstić information content (AvgIpc) is 3.00. The number of H-pyrrole nitrogens is 1. The number of aromatic nitrogens is 4. The van der Waals surface area contributed by atoms with Crippen molar-refractivity contribution >= 4 is 28.6 Å². The highest BCUT2D eigenvalue weighted by Gasteiger charge is 2.49. The summed E-state index contributed by atoms with van der Waals surface area (Å²) in [6, 6.07) is 0. The van der Waals surface area contributed by atoms with Crippen LogP contribution >= 0.6 is 11.6 Å². The predicted octanol–water partition coefficient (Wildman–Crippen LogP) is -0.875. The molecule has 1 fully saturated rings. The van der Waals surface area contributed by atoms with Gasteiger partial charge >= 0.3 is 10.9 Å². The zero-order valence-corrected chi connectivity index (χ0v) is 11.6. The van der Waals surface area contributed by atoms with Crippen molar-refractivity contribution in [2.45, 2.75) is 24.4 Å². The number of rotatable bonds is 2. The molecule has 0 spiro atoms. The second-order valence-electron chi connectivity index (χ2n) is 4.77. The summed E-state index contributed by atoms with van der Waals surface area (Å²) >= 11 is 5.81. The summed E-state index contributed by atoms with van der Waals surface area (Å²) in [6.07, 6.45) is 5.54. The molecule has 0 saturated carbocycles. The third-order valence-corrected chi connectivity index (χ3v) is 3.75. The smallest absolute Gasteiger partial charge is 0.311 e. The van der Waals surface area contributed by atoms with Crippen molar-refractivity contribution in [3.05, 3.63) is 11.6 Å². The number of halogens is 1. The molecule has 1 saturated heterocycles. The Bertz CT molecular complexity index is 742. The molecule has 1 aliphatic rings. The maximum Gasteiger partial charge on any atom is 0.311 e. The number of imidazole rings is 1. The molecule has 2 aromatic heterocycles. The van der Waals surface area contributed by atoms with Crippen molar-refractivity contribution in [2.24, 2.45) is 0 Å². The lowest BCUT2D eigenvalue weighted by atomic mass is 9.99. The molecule has 0 amide bonds. The third kappa shape index (κ3) is 2.02. The fraction of sp³-hybridized carbons (Fsp3) is 0.417. The maximum absolute atomic E-state index is 10.1. The largest absolute Gasteiger partial charge is 0.392 e. The average molecular weight is 311 g/mol. The SMILES string of the molecule is C#CC1(CO)OC([n+]2c[nH]c3c(N)nc(Cl)nc32)CC1O. The molecule has 0 aliphatic carbocycles. The van der Waals surface area contributed by atoms with Crippen molar-refractivity contribution in [3.63, 3.8) is 0 Å². The van der Waals surface area contributed by atoms with E-state index in [1.165, 1.54) is 0 Å². The van der Waals surface area contributed by atoms with Gasteiger partial charge in [0.05, 0.1) is 6.61 Å². The van der Waals surface area contributed by atoms with Gasteiger partial charge in [0.2, 0.25) is 5.52 Å². The van der Waals surface area contributed by atoms with Crippen LogP contribution in [0.1, 0.15) is 12.6 Å². The number of anilines is 1. The van der Waals surface area contributed by atoms with E-state index in [-0.39, 0.29) is 17.5 Å². The summed E-state index contributed by atoms with van der Waals surface area (Å²) in [5.41, 5.74) is 5.26. The van der Waals surface area contributed by atoms with Gasteiger partial charge in [-0.2, -0.15) is 4.98 Å². The van der Waals surface area contributed by atoms with Gasteiger partial charge in [0.1, 0.15) is 6.10 Å². The Balaban J connectivity index is 2.05. The Morgan fingerprint density at radius 1 is 1.67 bits per heavy atom. The third-order valence-electron chi connectivity index (χ3n) is 3.58. The van der Waals surface area contributed by atoms with E-state index in [0.29, 0.717) is 11.2 Å². The predicted molar refractivity (Wildman–Crippen MR) is 72.9 cm³/mol. The molecule has 3 atom stereocenters. The summed E-state index contributed by atoms with van der Waals surface area (Å²) in [6.45, 7) is -0.484. The van der Waals surface area contributed by atoms with Crippen LogP contribution in [0.25, 0.3) is 11.2 Å². The van der Waals surface area contributed by atoms with Crippen molar-refractivity contribution in [2.75, 3.05) is 12.3 Å². The maximum atomic E-state index is 10.1. The summed E-state index contributed by atoms with van der Waals surface area (Å²) in [7, 11) is 0. The molecule has 1 aliphatic heterocycles. The van der Waals surface area contributed by atoms with Crippen LogP contribution in [0.4, 0.5) is 5.82 Å². The molecule has 3 unspecified atom stereocenters.